The average Bonchev–Trinajstić information content (AvgIpc) is 3.92. The maximum absolute atomic E-state index is 15.5. The largest absolute Gasteiger partial charge is 0.543 e. The van der Waals surface area contributed by atoms with E-state index < -0.39 is 52.3 Å². The molecule has 7 N–H and O–H groups in total. The number of fused-ring (bicyclic) bond motifs is 2. The summed E-state index contributed by atoms with van der Waals surface area (Å²) in [5.74, 6) is -4.98. The van der Waals surface area contributed by atoms with Crippen LogP contribution < -0.4 is 31.8 Å². The molecule has 1 aromatic carbocycles. The molecule has 58 heavy (non-hydrogen) atoms. The van der Waals surface area contributed by atoms with Gasteiger partial charge in [0.05, 0.1) is 35.5 Å². The molecule has 0 spiro atoms. The lowest BCUT2D eigenvalue weighted by molar-refractivity contribution is -0.662. The SMILES string of the molecule is CC(C)(O/N=C(\C(=O)N[C@@H]1C(=O)N2C(C(=O)[O-])=C(Cn3ccc4n3cc[n+]4Cc3c(F)cc(/C(N)=N/OC4CCNCC4)cc3Cl)CS[C@H]12)c1csc(N)n1)C(=O)O. The number of carbonyl (C=O) groups is 4. The summed E-state index contributed by atoms with van der Waals surface area (Å²) >= 11 is 8.78. The maximum atomic E-state index is 15.5. The Labute approximate surface area is 342 Å². The Bertz CT molecular complexity index is 2380. The van der Waals surface area contributed by atoms with Gasteiger partial charge in [0.2, 0.25) is 5.60 Å². The molecule has 2 fully saturated rings. The quantitative estimate of drug-likeness (QED) is 0.0368. The Kier molecular flexibility index (Phi) is 11.4. The standard InChI is InChI=1S/C35H37ClFN11O8S2/c1-35(2,33(53)54)56-43-25(23-16-58-34(39)41-23)29(49)42-26-30(50)48-27(32(51)52)18(15-57-31(26)48)13-46-8-5-24-45(9-10-47(24)46)14-20-21(36)11-17(12-22(20)37)28(38)44-55-19-3-6-40-7-4-19/h5,8-12,16,19,26,31,40H,3-4,6-7,13-15H2,1-2H3,(H6-,38,39,41,42,44,49,51,52,53,54)/b43-25-/t26-,31-/m1/s1. The summed E-state index contributed by atoms with van der Waals surface area (Å²) in [4.78, 5) is 66.8. The Balaban J connectivity index is 1.05. The second kappa shape index (κ2) is 16.3. The van der Waals surface area contributed by atoms with Crippen LogP contribution in [0.5, 0.6) is 0 Å². The summed E-state index contributed by atoms with van der Waals surface area (Å²) in [5.41, 5.74) is 10.7. The molecular weight excluding hydrogens is 821 g/mol. The molecule has 4 aromatic rings. The predicted octanol–water partition coefficient (Wildman–Crippen LogP) is -0.0153. The second-order valence-electron chi connectivity index (χ2n) is 14.0. The topological polar surface area (TPSA) is 260 Å². The number of hydrogen-bond acceptors (Lipinski definition) is 14. The van der Waals surface area contributed by atoms with Crippen LogP contribution in [-0.4, -0.2) is 101 Å². The molecule has 19 nitrogen and oxygen atoms in total. The van der Waals surface area contributed by atoms with E-state index in [2.05, 4.69) is 25.9 Å². The van der Waals surface area contributed by atoms with Gasteiger partial charge in [-0.3, -0.25) is 14.5 Å². The molecular formula is C35H37ClFN11O8S2. The summed E-state index contributed by atoms with van der Waals surface area (Å²) in [5, 5.41) is 36.3. The van der Waals surface area contributed by atoms with Crippen molar-refractivity contribution < 1.29 is 48.0 Å². The zero-order chi connectivity index (χ0) is 41.5. The van der Waals surface area contributed by atoms with Crippen molar-refractivity contribution in [3.05, 3.63) is 81.1 Å². The van der Waals surface area contributed by atoms with Gasteiger partial charge in [0.15, 0.2) is 22.9 Å². The van der Waals surface area contributed by atoms with E-state index in [0.29, 0.717) is 11.2 Å². The van der Waals surface area contributed by atoms with Crippen molar-refractivity contribution in [3.63, 3.8) is 0 Å². The van der Waals surface area contributed by atoms with Gasteiger partial charge in [-0.15, -0.1) is 27.6 Å². The van der Waals surface area contributed by atoms with Crippen molar-refractivity contribution in [2.24, 2.45) is 16.0 Å². The number of carboxylic acid groups (broad SMARTS) is 2. The number of nitrogens with one attached hydrogen (secondary N) is 2. The number of imidazole rings is 1. The zero-order valence-corrected chi connectivity index (χ0v) is 33.3. The normalized spacial score (nSPS) is 19.2. The van der Waals surface area contributed by atoms with Gasteiger partial charge in [-0.25, -0.2) is 23.4 Å². The fraction of sp³-hybridized carbons (Fsp3) is 0.371. The van der Waals surface area contributed by atoms with Crippen molar-refractivity contribution >= 4 is 80.8 Å². The molecule has 3 aromatic heterocycles. The van der Waals surface area contributed by atoms with Crippen LogP contribution in [0.25, 0.3) is 5.65 Å². The first-order valence-electron chi connectivity index (χ1n) is 17.8. The van der Waals surface area contributed by atoms with Crippen LogP contribution in [0.15, 0.2) is 63.8 Å². The number of nitrogen functional groups attached to an aromatic ring is 1. The third-order valence-corrected chi connectivity index (χ3v) is 12.0. The molecule has 3 aliphatic heterocycles. The zero-order valence-electron chi connectivity index (χ0n) is 30.9. The number of aromatic nitrogens is 4. The van der Waals surface area contributed by atoms with E-state index >= 15 is 4.39 Å². The van der Waals surface area contributed by atoms with E-state index in [4.69, 9.17) is 32.7 Å². The third-order valence-electron chi connectivity index (χ3n) is 9.68. The molecule has 2 saturated heterocycles. The molecule has 306 valence electrons. The average molecular weight is 858 g/mol. The lowest BCUT2D eigenvalue weighted by Gasteiger charge is -2.50. The number of amides is 2. The first kappa shape index (κ1) is 40.5. The molecule has 0 bridgehead atoms. The number of anilines is 1. The van der Waals surface area contributed by atoms with Crippen LogP contribution in [0.2, 0.25) is 5.02 Å². The molecule has 6 heterocycles. The van der Waals surface area contributed by atoms with E-state index in [-0.39, 0.29) is 63.5 Å². The van der Waals surface area contributed by atoms with Gasteiger partial charge >= 0.3 is 11.6 Å². The number of carboxylic acids is 2. The number of thiazole rings is 1. The number of halogens is 2. The molecule has 0 radical (unpaired) electrons. The Morgan fingerprint density at radius 2 is 2.00 bits per heavy atom. The minimum atomic E-state index is -1.81. The highest BCUT2D eigenvalue weighted by molar-refractivity contribution is 8.00. The summed E-state index contributed by atoms with van der Waals surface area (Å²) in [6.45, 7) is 4.18. The molecule has 2 atom stereocenters. The molecule has 23 heteroatoms. The Hall–Kier alpha value is -5.71. The Morgan fingerprint density at radius 3 is 2.67 bits per heavy atom. The number of thioether (sulfide) groups is 1. The number of nitrogens with zero attached hydrogens (tertiary/aromatic N) is 7. The number of benzene rings is 1. The van der Waals surface area contributed by atoms with Crippen molar-refractivity contribution in [1.82, 2.24) is 29.7 Å². The van der Waals surface area contributed by atoms with Crippen LogP contribution in [0, 0.1) is 5.82 Å². The summed E-state index contributed by atoms with van der Waals surface area (Å²) in [7, 11) is 0. The fourth-order valence-corrected chi connectivity index (χ4v) is 8.61. The van der Waals surface area contributed by atoms with E-state index in [1.165, 1.54) is 43.1 Å². The fourth-order valence-electron chi connectivity index (χ4n) is 6.46. The Morgan fingerprint density at radius 1 is 1.24 bits per heavy atom. The predicted molar refractivity (Wildman–Crippen MR) is 207 cm³/mol. The van der Waals surface area contributed by atoms with Crippen LogP contribution >= 0.6 is 34.7 Å². The first-order valence-corrected chi connectivity index (χ1v) is 20.1. The first-order chi connectivity index (χ1) is 27.6. The van der Waals surface area contributed by atoms with E-state index in [1.54, 1.807) is 38.4 Å². The molecule has 7 rings (SSSR count). The number of nitrogens with two attached hydrogens (primary N) is 2. The minimum Gasteiger partial charge on any atom is -0.543 e. The van der Waals surface area contributed by atoms with E-state index in [0.717, 1.165) is 42.2 Å². The van der Waals surface area contributed by atoms with Crippen molar-refractivity contribution in [1.29, 1.82) is 0 Å². The molecule has 3 aliphatic rings. The molecule has 0 saturated carbocycles. The van der Waals surface area contributed by atoms with Gasteiger partial charge in [-0.05, 0) is 57.5 Å². The van der Waals surface area contributed by atoms with Gasteiger partial charge in [-0.1, -0.05) is 21.9 Å². The highest BCUT2D eigenvalue weighted by atomic mass is 35.5. The number of piperidine rings is 1. The number of rotatable bonds is 14. The molecule has 0 unspecified atom stereocenters. The van der Waals surface area contributed by atoms with E-state index in [1.807, 2.05) is 0 Å². The van der Waals surface area contributed by atoms with Crippen LogP contribution in [-0.2, 0) is 41.9 Å². The van der Waals surface area contributed by atoms with Crippen LogP contribution in [0.1, 0.15) is 43.5 Å². The summed E-state index contributed by atoms with van der Waals surface area (Å²) in [6, 6.07) is 3.37. The third kappa shape index (κ3) is 8.04. The number of aliphatic carboxylic acids is 2. The number of carbonyl (C=O) groups excluding carboxylic acids is 3. The van der Waals surface area contributed by atoms with Gasteiger partial charge < -0.3 is 46.8 Å². The van der Waals surface area contributed by atoms with Gasteiger partial charge in [-0.2, -0.15) is 0 Å². The molecule has 0 aliphatic carbocycles. The lowest BCUT2D eigenvalue weighted by atomic mass is 10.0. The highest BCUT2D eigenvalue weighted by Gasteiger charge is 2.53. The number of amidine groups is 1. The van der Waals surface area contributed by atoms with Crippen molar-refractivity contribution in [3.8, 4) is 0 Å². The molecule has 2 amide bonds. The lowest BCUT2D eigenvalue weighted by Crippen LogP contribution is -2.71. The van der Waals surface area contributed by atoms with Crippen LogP contribution in [0.3, 0.4) is 0 Å². The smallest absolute Gasteiger partial charge is 0.350 e. The number of β-lactam (4-membered cyclic amide) rings is 1. The number of oxime groups is 2. The van der Waals surface area contributed by atoms with E-state index in [9.17, 15) is 29.4 Å². The van der Waals surface area contributed by atoms with Crippen molar-refractivity contribution in [2.45, 2.75) is 62.9 Å². The number of hydrogen-bond donors (Lipinski definition) is 5. The summed E-state index contributed by atoms with van der Waals surface area (Å²) < 4.78 is 20.7. The van der Waals surface area contributed by atoms with Crippen LogP contribution in [0.4, 0.5) is 9.52 Å². The highest BCUT2D eigenvalue weighted by Crippen LogP contribution is 2.40. The second-order valence-corrected chi connectivity index (χ2v) is 16.4. The van der Waals surface area contributed by atoms with Gasteiger partial charge in [0.25, 0.3) is 11.8 Å². The maximum Gasteiger partial charge on any atom is 0.350 e. The van der Waals surface area contributed by atoms with Crippen molar-refractivity contribution in [2.75, 3.05) is 24.6 Å². The minimum absolute atomic E-state index is 0.00463. The monoisotopic (exact) mass is 857 g/mol. The van der Waals surface area contributed by atoms with Gasteiger partial charge in [0.1, 0.15) is 41.8 Å². The van der Waals surface area contributed by atoms with Gasteiger partial charge in [0, 0.05) is 22.3 Å². The summed E-state index contributed by atoms with van der Waals surface area (Å²) in [6.07, 6.45) is 6.63.